The van der Waals surface area contributed by atoms with Crippen molar-refractivity contribution in [3.8, 4) is 17.6 Å². The predicted molar refractivity (Wildman–Crippen MR) is 147 cm³/mol. The largest absolute Gasteiger partial charge is 0.457 e. The second-order valence-electron chi connectivity index (χ2n) is 9.46. The van der Waals surface area contributed by atoms with Crippen molar-refractivity contribution in [2.45, 2.75) is 25.9 Å². The Morgan fingerprint density at radius 3 is 2.59 bits per heavy atom. The maximum Gasteiger partial charge on any atom is 0.253 e. The van der Waals surface area contributed by atoms with Crippen molar-refractivity contribution in [1.29, 1.82) is 5.26 Å². The summed E-state index contributed by atoms with van der Waals surface area (Å²) < 4.78 is 18.4. The molecule has 1 fully saturated rings. The smallest absolute Gasteiger partial charge is 0.253 e. The lowest BCUT2D eigenvalue weighted by molar-refractivity contribution is 0.0636. The molecule has 0 bridgehead atoms. The number of nitrogens with zero attached hydrogens (tertiary/aromatic N) is 3. The molecule has 0 unspecified atom stereocenters. The first kappa shape index (κ1) is 26.2. The minimum absolute atomic E-state index is 0.188. The third kappa shape index (κ3) is 6.20. The van der Waals surface area contributed by atoms with Crippen molar-refractivity contribution >= 4 is 22.8 Å². The van der Waals surface area contributed by atoms with Crippen LogP contribution in [0.2, 0.25) is 0 Å². The van der Waals surface area contributed by atoms with Crippen LogP contribution in [0, 0.1) is 17.2 Å². The Bertz CT molecular complexity index is 1450. The number of hydrogen-bond donors (Lipinski definition) is 2. The maximum absolute atomic E-state index is 13.2. The number of carbonyl (C=O) groups excluding carboxylic acids is 1. The fraction of sp³-hybridized carbons (Fsp3) is 0.300. The molecule has 9 nitrogen and oxygen atoms in total. The monoisotopic (exact) mass is 525 g/mol. The van der Waals surface area contributed by atoms with Gasteiger partial charge in [-0.2, -0.15) is 10.4 Å². The number of fused-ring (bicyclic) bond motifs is 1. The Hall–Kier alpha value is -4.39. The van der Waals surface area contributed by atoms with Crippen LogP contribution < -0.4 is 15.4 Å². The number of methoxy groups -OCH3 is 1. The van der Waals surface area contributed by atoms with Gasteiger partial charge in [-0.05, 0) is 61.6 Å². The number of para-hydroxylation sites is 1. The minimum Gasteiger partial charge on any atom is -0.457 e. The van der Waals surface area contributed by atoms with Gasteiger partial charge in [0.15, 0.2) is 0 Å². The molecule has 1 saturated heterocycles. The summed E-state index contributed by atoms with van der Waals surface area (Å²) in [7, 11) is 1.58. The van der Waals surface area contributed by atoms with E-state index in [1.165, 1.54) is 6.20 Å². The number of rotatable bonds is 10. The van der Waals surface area contributed by atoms with Gasteiger partial charge in [-0.3, -0.25) is 4.79 Å². The Morgan fingerprint density at radius 2 is 1.87 bits per heavy atom. The highest BCUT2D eigenvalue weighted by molar-refractivity contribution is 6.00. The zero-order valence-corrected chi connectivity index (χ0v) is 21.9. The third-order valence-corrected chi connectivity index (χ3v) is 6.84. The van der Waals surface area contributed by atoms with Crippen LogP contribution in [0.3, 0.4) is 0 Å². The molecule has 0 spiro atoms. The van der Waals surface area contributed by atoms with Crippen LogP contribution in [-0.4, -0.2) is 42.4 Å². The first-order chi connectivity index (χ1) is 19.2. The zero-order valence-electron chi connectivity index (χ0n) is 21.9. The number of benzene rings is 2. The molecule has 2 aromatic carbocycles. The molecule has 39 heavy (non-hydrogen) atoms. The van der Waals surface area contributed by atoms with Crippen LogP contribution in [0.15, 0.2) is 67.0 Å². The lowest BCUT2D eigenvalue weighted by atomic mass is 9.96. The maximum atomic E-state index is 13.2. The molecule has 0 saturated carbocycles. The first-order valence-electron chi connectivity index (χ1n) is 13.0. The first-order valence-corrected chi connectivity index (χ1v) is 13.0. The number of nitriles is 1. The number of ether oxygens (including phenoxy) is 3. The number of nitrogens with one attached hydrogen (secondary N) is 2. The molecule has 0 aliphatic carbocycles. The molecule has 1 aliphatic rings. The summed E-state index contributed by atoms with van der Waals surface area (Å²) in [6.07, 6.45) is 6.14. The average molecular weight is 526 g/mol. The molecule has 1 aliphatic heterocycles. The number of hydrogen-bond acceptors (Lipinski definition) is 7. The fourth-order valence-corrected chi connectivity index (χ4v) is 4.79. The Labute approximate surface area is 227 Å². The molecule has 0 atom stereocenters. The van der Waals surface area contributed by atoms with Gasteiger partial charge in [0.05, 0.1) is 35.1 Å². The summed E-state index contributed by atoms with van der Waals surface area (Å²) in [5.41, 5.74) is 3.42. The number of anilines is 2. The Kier molecular flexibility index (Phi) is 8.36. The standard InChI is InChI=1S/C30H31N5O4/c1-37-20-27-26(30(36)32-14-11-21-12-15-38-16-13-21)19-35-29(27)28(22(17-31)18-33-35)34-23-7-9-25(10-8-23)39-24-5-3-2-4-6-24/h2-10,18-19,21,34H,11-16,20H2,1H3,(H,32,36). The van der Waals surface area contributed by atoms with Gasteiger partial charge >= 0.3 is 0 Å². The van der Waals surface area contributed by atoms with Gasteiger partial charge in [-0.1, -0.05) is 18.2 Å². The van der Waals surface area contributed by atoms with Crippen LogP contribution in [0.4, 0.5) is 11.4 Å². The molecule has 5 rings (SSSR count). The van der Waals surface area contributed by atoms with E-state index in [4.69, 9.17) is 14.2 Å². The average Bonchev–Trinajstić information content (AvgIpc) is 3.34. The molecule has 4 aromatic rings. The van der Waals surface area contributed by atoms with Gasteiger partial charge in [-0.25, -0.2) is 4.52 Å². The van der Waals surface area contributed by atoms with E-state index in [1.807, 2.05) is 54.6 Å². The molecule has 9 heteroatoms. The summed E-state index contributed by atoms with van der Waals surface area (Å²) in [5, 5.41) is 20.7. The number of carbonyl (C=O) groups is 1. The van der Waals surface area contributed by atoms with Gasteiger partial charge in [0.25, 0.3) is 5.91 Å². The lowest BCUT2D eigenvalue weighted by Gasteiger charge is -2.21. The molecule has 200 valence electrons. The summed E-state index contributed by atoms with van der Waals surface area (Å²) in [6.45, 7) is 2.34. The van der Waals surface area contributed by atoms with Gasteiger partial charge in [0, 0.05) is 44.3 Å². The highest BCUT2D eigenvalue weighted by Gasteiger charge is 2.23. The molecule has 3 heterocycles. The van der Waals surface area contributed by atoms with E-state index in [0.29, 0.717) is 46.1 Å². The van der Waals surface area contributed by atoms with Crippen LogP contribution in [0.25, 0.3) is 5.52 Å². The van der Waals surface area contributed by atoms with E-state index >= 15 is 0 Å². The Balaban J connectivity index is 1.39. The summed E-state index contributed by atoms with van der Waals surface area (Å²) in [4.78, 5) is 13.2. The number of aromatic nitrogens is 2. The van der Waals surface area contributed by atoms with E-state index < -0.39 is 0 Å². The van der Waals surface area contributed by atoms with Gasteiger partial charge in [0.2, 0.25) is 0 Å². The van der Waals surface area contributed by atoms with E-state index in [-0.39, 0.29) is 12.5 Å². The molecular weight excluding hydrogens is 494 g/mol. The second kappa shape index (κ2) is 12.4. The quantitative estimate of drug-likeness (QED) is 0.284. The van der Waals surface area contributed by atoms with E-state index in [9.17, 15) is 10.1 Å². The van der Waals surface area contributed by atoms with Crippen molar-refractivity contribution in [2.24, 2.45) is 5.92 Å². The van der Waals surface area contributed by atoms with Gasteiger partial charge < -0.3 is 24.8 Å². The predicted octanol–water partition coefficient (Wildman–Crippen LogP) is 5.43. The summed E-state index contributed by atoms with van der Waals surface area (Å²) in [6, 6.07) is 19.2. The van der Waals surface area contributed by atoms with Crippen molar-refractivity contribution in [2.75, 3.05) is 32.2 Å². The SMILES string of the molecule is COCc1c(C(=O)NCCC2CCOCC2)cn2ncc(C#N)c(Nc3ccc(Oc4ccccc4)cc3)c12. The Morgan fingerprint density at radius 1 is 1.13 bits per heavy atom. The second-order valence-corrected chi connectivity index (χ2v) is 9.46. The highest BCUT2D eigenvalue weighted by Crippen LogP contribution is 2.32. The normalized spacial score (nSPS) is 13.6. The van der Waals surface area contributed by atoms with Crippen molar-refractivity contribution in [3.05, 3.63) is 83.7 Å². The zero-order chi connectivity index (χ0) is 27.0. The van der Waals surface area contributed by atoms with Gasteiger partial charge in [0.1, 0.15) is 17.6 Å². The highest BCUT2D eigenvalue weighted by atomic mass is 16.5. The van der Waals surface area contributed by atoms with Crippen LogP contribution >= 0.6 is 0 Å². The molecule has 2 aromatic heterocycles. The van der Waals surface area contributed by atoms with E-state index in [2.05, 4.69) is 21.8 Å². The topological polar surface area (TPSA) is 110 Å². The third-order valence-electron chi connectivity index (χ3n) is 6.84. The van der Waals surface area contributed by atoms with Crippen molar-refractivity contribution in [3.63, 3.8) is 0 Å². The molecular formula is C30H31N5O4. The summed E-state index contributed by atoms with van der Waals surface area (Å²) >= 11 is 0. The summed E-state index contributed by atoms with van der Waals surface area (Å²) in [5.74, 6) is 1.81. The van der Waals surface area contributed by atoms with Crippen LogP contribution in [0.1, 0.15) is 40.7 Å². The van der Waals surface area contributed by atoms with E-state index in [0.717, 1.165) is 43.9 Å². The molecule has 2 N–H and O–H groups in total. The molecule has 0 radical (unpaired) electrons. The van der Waals surface area contributed by atoms with Crippen molar-refractivity contribution in [1.82, 2.24) is 14.9 Å². The minimum atomic E-state index is -0.188. The molecule has 1 amide bonds. The number of amides is 1. The lowest BCUT2D eigenvalue weighted by Crippen LogP contribution is -2.28. The fourth-order valence-electron chi connectivity index (χ4n) is 4.79. The van der Waals surface area contributed by atoms with Crippen LogP contribution in [-0.2, 0) is 16.1 Å². The van der Waals surface area contributed by atoms with E-state index in [1.54, 1.807) is 17.8 Å². The van der Waals surface area contributed by atoms with Crippen molar-refractivity contribution < 1.29 is 19.0 Å². The van der Waals surface area contributed by atoms with Crippen LogP contribution in [0.5, 0.6) is 11.5 Å². The van der Waals surface area contributed by atoms with Gasteiger partial charge in [-0.15, -0.1) is 0 Å².